The Kier molecular flexibility index (Phi) is 4.71. The highest BCUT2D eigenvalue weighted by molar-refractivity contribution is 7.99. The van der Waals surface area contributed by atoms with Crippen molar-refractivity contribution >= 4 is 28.7 Å². The van der Waals surface area contributed by atoms with Crippen LogP contribution in [-0.2, 0) is 4.79 Å². The number of carbonyl (C=O) groups excluding carboxylic acids is 1. The Labute approximate surface area is 135 Å². The molecule has 0 bridgehead atoms. The summed E-state index contributed by atoms with van der Waals surface area (Å²) < 4.78 is 0. The Morgan fingerprint density at radius 2 is 2.18 bits per heavy atom. The molecule has 2 N–H and O–H groups in total. The van der Waals surface area contributed by atoms with Crippen molar-refractivity contribution in [2.45, 2.75) is 44.3 Å². The maximum absolute atomic E-state index is 12.2. The van der Waals surface area contributed by atoms with Gasteiger partial charge in [0, 0.05) is 6.04 Å². The number of imidazole rings is 1. The van der Waals surface area contributed by atoms with Crippen LogP contribution >= 0.6 is 11.8 Å². The number of para-hydroxylation sites is 2. The van der Waals surface area contributed by atoms with Crippen LogP contribution in [0, 0.1) is 11.8 Å². The van der Waals surface area contributed by atoms with Crippen molar-refractivity contribution in [1.82, 2.24) is 15.3 Å². The van der Waals surface area contributed by atoms with E-state index in [1.807, 2.05) is 24.3 Å². The fourth-order valence-electron chi connectivity index (χ4n) is 3.17. The second-order valence-corrected chi connectivity index (χ2v) is 7.25. The average Bonchev–Trinajstić information content (AvgIpc) is 2.93. The first-order valence-electron chi connectivity index (χ1n) is 8.00. The lowest BCUT2D eigenvalue weighted by Crippen LogP contribution is -2.44. The van der Waals surface area contributed by atoms with Gasteiger partial charge in [0.1, 0.15) is 0 Å². The molecule has 0 aliphatic heterocycles. The number of carbonyl (C=O) groups is 1. The van der Waals surface area contributed by atoms with Gasteiger partial charge in [0.25, 0.3) is 0 Å². The number of hydrogen-bond donors (Lipinski definition) is 2. The van der Waals surface area contributed by atoms with Crippen LogP contribution in [0.25, 0.3) is 11.0 Å². The van der Waals surface area contributed by atoms with Gasteiger partial charge in [-0.1, -0.05) is 50.6 Å². The van der Waals surface area contributed by atoms with Gasteiger partial charge in [0.15, 0.2) is 5.16 Å². The molecule has 5 heteroatoms. The SMILES string of the molecule is CC1CCCC(NC(=O)CSc2nc3ccccc3[nH]2)C1C. The highest BCUT2D eigenvalue weighted by atomic mass is 32.2. The first-order valence-corrected chi connectivity index (χ1v) is 8.99. The number of aromatic amines is 1. The van der Waals surface area contributed by atoms with E-state index in [0.29, 0.717) is 23.6 Å². The largest absolute Gasteiger partial charge is 0.352 e. The van der Waals surface area contributed by atoms with Gasteiger partial charge in [0.05, 0.1) is 16.8 Å². The molecular weight excluding hydrogens is 294 g/mol. The number of nitrogens with one attached hydrogen (secondary N) is 2. The summed E-state index contributed by atoms with van der Waals surface area (Å²) in [6.45, 7) is 4.54. The molecule has 0 spiro atoms. The quantitative estimate of drug-likeness (QED) is 0.847. The Hall–Kier alpha value is -1.49. The molecule has 1 aliphatic rings. The monoisotopic (exact) mass is 317 g/mol. The molecule has 4 nitrogen and oxygen atoms in total. The van der Waals surface area contributed by atoms with E-state index in [9.17, 15) is 4.79 Å². The molecular formula is C17H23N3OS. The predicted molar refractivity (Wildman–Crippen MR) is 90.9 cm³/mol. The van der Waals surface area contributed by atoms with E-state index >= 15 is 0 Å². The van der Waals surface area contributed by atoms with Gasteiger partial charge in [-0.3, -0.25) is 4.79 Å². The van der Waals surface area contributed by atoms with Crippen molar-refractivity contribution in [3.05, 3.63) is 24.3 Å². The summed E-state index contributed by atoms with van der Waals surface area (Å²) in [4.78, 5) is 19.9. The normalized spacial score (nSPS) is 25.3. The van der Waals surface area contributed by atoms with E-state index < -0.39 is 0 Å². The van der Waals surface area contributed by atoms with Crippen molar-refractivity contribution in [1.29, 1.82) is 0 Å². The number of fused-ring (bicyclic) bond motifs is 1. The number of nitrogens with zero attached hydrogens (tertiary/aromatic N) is 1. The zero-order chi connectivity index (χ0) is 15.5. The van der Waals surface area contributed by atoms with Crippen LogP contribution in [0.5, 0.6) is 0 Å². The Morgan fingerprint density at radius 1 is 1.36 bits per heavy atom. The molecule has 1 heterocycles. The van der Waals surface area contributed by atoms with Crippen LogP contribution in [0.4, 0.5) is 0 Å². The zero-order valence-corrected chi connectivity index (χ0v) is 14.0. The standard InChI is InChI=1S/C17H23N3OS/c1-11-6-5-9-13(12(11)2)18-16(21)10-22-17-19-14-7-3-4-8-15(14)20-17/h3-4,7-8,11-13H,5-6,9-10H2,1-2H3,(H,18,21)(H,19,20). The van der Waals surface area contributed by atoms with Gasteiger partial charge in [-0.2, -0.15) is 0 Å². The van der Waals surface area contributed by atoms with Gasteiger partial charge < -0.3 is 10.3 Å². The molecule has 1 aromatic heterocycles. The van der Waals surface area contributed by atoms with Crippen LogP contribution < -0.4 is 5.32 Å². The topological polar surface area (TPSA) is 57.8 Å². The molecule has 3 atom stereocenters. The number of hydrogen-bond acceptors (Lipinski definition) is 3. The van der Waals surface area contributed by atoms with Gasteiger partial charge >= 0.3 is 0 Å². The van der Waals surface area contributed by atoms with Crippen LogP contribution in [0.1, 0.15) is 33.1 Å². The lowest BCUT2D eigenvalue weighted by molar-refractivity contribution is -0.120. The fourth-order valence-corrected chi connectivity index (χ4v) is 3.86. The van der Waals surface area contributed by atoms with Gasteiger partial charge in [0.2, 0.25) is 5.91 Å². The van der Waals surface area contributed by atoms with Crippen LogP contribution in [-0.4, -0.2) is 27.7 Å². The van der Waals surface area contributed by atoms with E-state index in [1.165, 1.54) is 24.6 Å². The summed E-state index contributed by atoms with van der Waals surface area (Å²) in [5.41, 5.74) is 1.96. The van der Waals surface area contributed by atoms with Crippen LogP contribution in [0.2, 0.25) is 0 Å². The maximum atomic E-state index is 12.2. The van der Waals surface area contributed by atoms with Crippen molar-refractivity contribution in [2.75, 3.05) is 5.75 Å². The third kappa shape index (κ3) is 3.46. The Bertz CT molecular complexity index is 621. The van der Waals surface area contributed by atoms with Crippen molar-refractivity contribution in [2.24, 2.45) is 11.8 Å². The molecule has 3 unspecified atom stereocenters. The summed E-state index contributed by atoms with van der Waals surface area (Å²) in [5.74, 6) is 1.78. The summed E-state index contributed by atoms with van der Waals surface area (Å²) >= 11 is 1.47. The molecule has 118 valence electrons. The lowest BCUT2D eigenvalue weighted by atomic mass is 9.78. The van der Waals surface area contributed by atoms with Crippen molar-refractivity contribution in [3.8, 4) is 0 Å². The molecule has 1 fully saturated rings. The summed E-state index contributed by atoms with van der Waals surface area (Å²) in [7, 11) is 0. The van der Waals surface area contributed by atoms with E-state index in [4.69, 9.17) is 0 Å². The summed E-state index contributed by atoms with van der Waals surface area (Å²) in [6.07, 6.45) is 3.60. The summed E-state index contributed by atoms with van der Waals surface area (Å²) in [6, 6.07) is 8.24. The molecule has 2 aromatic rings. The maximum Gasteiger partial charge on any atom is 0.230 e. The minimum atomic E-state index is 0.108. The minimum absolute atomic E-state index is 0.108. The third-order valence-electron chi connectivity index (χ3n) is 4.76. The smallest absolute Gasteiger partial charge is 0.230 e. The molecule has 3 rings (SSSR count). The van der Waals surface area contributed by atoms with Gasteiger partial charge in [-0.05, 0) is 30.4 Å². The number of amides is 1. The average molecular weight is 317 g/mol. The predicted octanol–water partition coefficient (Wildman–Crippen LogP) is 3.60. The fraction of sp³-hybridized carbons (Fsp3) is 0.529. The van der Waals surface area contributed by atoms with E-state index in [1.54, 1.807) is 0 Å². The first-order chi connectivity index (χ1) is 10.6. The third-order valence-corrected chi connectivity index (χ3v) is 5.63. The highest BCUT2D eigenvalue weighted by Crippen LogP contribution is 2.29. The molecule has 1 saturated carbocycles. The molecule has 1 amide bonds. The number of aromatic nitrogens is 2. The molecule has 1 aromatic carbocycles. The second-order valence-electron chi connectivity index (χ2n) is 6.29. The molecule has 1 aliphatic carbocycles. The number of H-pyrrole nitrogens is 1. The van der Waals surface area contributed by atoms with E-state index in [0.717, 1.165) is 22.6 Å². The second kappa shape index (κ2) is 6.73. The number of rotatable bonds is 4. The van der Waals surface area contributed by atoms with Crippen LogP contribution in [0.3, 0.4) is 0 Å². The molecule has 22 heavy (non-hydrogen) atoms. The Balaban J connectivity index is 1.53. The van der Waals surface area contributed by atoms with Gasteiger partial charge in [-0.15, -0.1) is 0 Å². The molecule has 0 radical (unpaired) electrons. The zero-order valence-electron chi connectivity index (χ0n) is 13.1. The Morgan fingerprint density at radius 3 is 3.00 bits per heavy atom. The van der Waals surface area contributed by atoms with Crippen molar-refractivity contribution in [3.63, 3.8) is 0 Å². The van der Waals surface area contributed by atoms with Crippen LogP contribution in [0.15, 0.2) is 29.4 Å². The lowest BCUT2D eigenvalue weighted by Gasteiger charge is -2.34. The van der Waals surface area contributed by atoms with E-state index in [2.05, 4.69) is 29.1 Å². The van der Waals surface area contributed by atoms with Gasteiger partial charge in [-0.25, -0.2) is 4.98 Å². The van der Waals surface area contributed by atoms with Crippen molar-refractivity contribution < 1.29 is 4.79 Å². The van der Waals surface area contributed by atoms with E-state index in [-0.39, 0.29) is 5.91 Å². The number of thioether (sulfide) groups is 1. The minimum Gasteiger partial charge on any atom is -0.352 e. The first kappa shape index (κ1) is 15.4. The highest BCUT2D eigenvalue weighted by Gasteiger charge is 2.28. The molecule has 0 saturated heterocycles. The summed E-state index contributed by atoms with van der Waals surface area (Å²) in [5, 5.41) is 4.01. The number of benzene rings is 1.